The van der Waals surface area contributed by atoms with E-state index in [2.05, 4.69) is 10.4 Å². The van der Waals surface area contributed by atoms with Gasteiger partial charge in [-0.25, -0.2) is 4.68 Å². The van der Waals surface area contributed by atoms with Crippen LogP contribution in [0.5, 0.6) is 0 Å². The predicted octanol–water partition coefficient (Wildman–Crippen LogP) is 2.80. The van der Waals surface area contributed by atoms with E-state index in [0.717, 1.165) is 26.2 Å². The highest BCUT2D eigenvalue weighted by Crippen LogP contribution is 2.33. The van der Waals surface area contributed by atoms with Gasteiger partial charge in [0.15, 0.2) is 5.69 Å². The van der Waals surface area contributed by atoms with E-state index in [0.29, 0.717) is 23.2 Å². The first-order chi connectivity index (χ1) is 12.4. The van der Waals surface area contributed by atoms with Crippen LogP contribution in [0.1, 0.15) is 10.5 Å². The molecule has 11 heteroatoms. The number of nitrogens with zero attached hydrogens (tertiary/aromatic N) is 4. The maximum absolute atomic E-state index is 12.7. The zero-order chi connectivity index (χ0) is 18.4. The van der Waals surface area contributed by atoms with E-state index >= 15 is 0 Å². The number of carbonyl (C=O) groups excluding carboxylic acids is 1. The molecule has 0 saturated carbocycles. The Morgan fingerprint density at radius 3 is 2.37 bits per heavy atom. The third kappa shape index (κ3) is 3.62. The summed E-state index contributed by atoms with van der Waals surface area (Å²) in [5.41, 5.74) is 0.397. The average molecular weight is 433 g/mol. The minimum absolute atomic E-state index is 0. The Labute approximate surface area is 171 Å². The molecule has 0 aliphatic carbocycles. The van der Waals surface area contributed by atoms with Gasteiger partial charge < -0.3 is 10.2 Å². The summed E-state index contributed by atoms with van der Waals surface area (Å²) in [5, 5.41) is 18.7. The van der Waals surface area contributed by atoms with Gasteiger partial charge in [-0.1, -0.05) is 23.2 Å². The number of likely N-dealkylation sites (tertiary alicyclic amines) is 1. The summed E-state index contributed by atoms with van der Waals surface area (Å²) < 4.78 is 1.38. The molecule has 1 N–H and O–H groups in total. The molecule has 8 nitrogen and oxygen atoms in total. The van der Waals surface area contributed by atoms with Crippen molar-refractivity contribution in [1.82, 2.24) is 20.0 Å². The molecule has 27 heavy (non-hydrogen) atoms. The maximum Gasteiger partial charge on any atom is 0.274 e. The van der Waals surface area contributed by atoms with E-state index in [9.17, 15) is 14.9 Å². The molecular formula is C16H16Cl3N5O3. The molecule has 2 atom stereocenters. The third-order valence-electron chi connectivity index (χ3n) is 4.93. The van der Waals surface area contributed by atoms with Gasteiger partial charge in [-0.05, 0) is 17.9 Å². The summed E-state index contributed by atoms with van der Waals surface area (Å²) in [5.74, 6) is 0.867. The molecule has 4 rings (SSSR count). The van der Waals surface area contributed by atoms with Crippen molar-refractivity contribution in [3.05, 3.63) is 50.2 Å². The molecule has 0 spiro atoms. The molecule has 2 aliphatic heterocycles. The molecule has 2 fully saturated rings. The van der Waals surface area contributed by atoms with Crippen LogP contribution >= 0.6 is 35.6 Å². The van der Waals surface area contributed by atoms with Crippen molar-refractivity contribution in [3.8, 4) is 5.69 Å². The smallest absolute Gasteiger partial charge is 0.274 e. The summed E-state index contributed by atoms with van der Waals surface area (Å²) in [6.45, 7) is 3.33. The zero-order valence-corrected chi connectivity index (χ0v) is 16.3. The second kappa shape index (κ2) is 7.63. The van der Waals surface area contributed by atoms with Gasteiger partial charge >= 0.3 is 0 Å². The second-order valence-corrected chi connectivity index (χ2v) is 7.36. The van der Waals surface area contributed by atoms with Gasteiger partial charge in [-0.15, -0.1) is 12.4 Å². The van der Waals surface area contributed by atoms with Crippen molar-refractivity contribution in [3.63, 3.8) is 0 Å². The first-order valence-corrected chi connectivity index (χ1v) is 8.89. The van der Waals surface area contributed by atoms with Crippen LogP contribution in [0.25, 0.3) is 5.69 Å². The first kappa shape index (κ1) is 19.9. The summed E-state index contributed by atoms with van der Waals surface area (Å²) in [4.78, 5) is 24.8. The van der Waals surface area contributed by atoms with Crippen LogP contribution in [0.3, 0.4) is 0 Å². The van der Waals surface area contributed by atoms with Crippen molar-refractivity contribution in [1.29, 1.82) is 0 Å². The number of aromatic nitrogens is 2. The number of fused-ring (bicyclic) bond motifs is 1. The number of non-ortho nitro benzene ring substituents is 1. The second-order valence-electron chi connectivity index (χ2n) is 6.55. The highest BCUT2D eigenvalue weighted by molar-refractivity contribution is 6.38. The number of nitrogens with one attached hydrogen (secondary N) is 1. The molecule has 1 aromatic heterocycles. The van der Waals surface area contributed by atoms with Crippen molar-refractivity contribution >= 4 is 47.2 Å². The molecule has 2 aromatic rings. The molecule has 1 amide bonds. The summed E-state index contributed by atoms with van der Waals surface area (Å²) in [6.07, 6.45) is 1.57. The third-order valence-corrected chi connectivity index (χ3v) is 5.50. The van der Waals surface area contributed by atoms with Gasteiger partial charge in [0.1, 0.15) is 5.69 Å². The van der Waals surface area contributed by atoms with Crippen molar-refractivity contribution < 1.29 is 9.72 Å². The molecule has 1 aromatic carbocycles. The number of halogens is 3. The minimum atomic E-state index is -0.571. The van der Waals surface area contributed by atoms with Gasteiger partial charge in [-0.3, -0.25) is 14.9 Å². The Balaban J connectivity index is 0.00000210. The monoisotopic (exact) mass is 431 g/mol. The number of nitro groups is 1. The van der Waals surface area contributed by atoms with Crippen LogP contribution in [-0.2, 0) is 0 Å². The largest absolute Gasteiger partial charge is 0.337 e. The number of rotatable bonds is 3. The predicted molar refractivity (Wildman–Crippen MR) is 103 cm³/mol. The summed E-state index contributed by atoms with van der Waals surface area (Å²) in [7, 11) is 0. The lowest BCUT2D eigenvalue weighted by atomic mass is 10.0. The molecule has 0 bridgehead atoms. The Bertz CT molecular complexity index is 868. The van der Waals surface area contributed by atoms with Crippen LogP contribution in [0.15, 0.2) is 24.4 Å². The van der Waals surface area contributed by atoms with Crippen molar-refractivity contribution in [2.75, 3.05) is 26.2 Å². The summed E-state index contributed by atoms with van der Waals surface area (Å²) >= 11 is 12.3. The SMILES string of the molecule is Cl.O=C(c1ccn(-c2c(Cl)cc([N+](=O)[O-])cc2Cl)n1)N1C[C@H]2CNC[C@H]2C1. The van der Waals surface area contributed by atoms with E-state index in [-0.39, 0.29) is 34.0 Å². The fourth-order valence-electron chi connectivity index (χ4n) is 3.62. The van der Waals surface area contributed by atoms with Gasteiger partial charge in [-0.2, -0.15) is 5.10 Å². The van der Waals surface area contributed by atoms with Crippen LogP contribution in [0, 0.1) is 22.0 Å². The standard InChI is InChI=1S/C16H15Cl2N5O3.ClH/c17-12-3-11(23(25)26)4-13(18)15(12)22-2-1-14(20-22)16(24)21-7-9-5-19-6-10(9)8-21;/h1-4,9-10,19H,5-8H2;1H/t9-,10+;. The minimum Gasteiger partial charge on any atom is -0.337 e. The van der Waals surface area contributed by atoms with E-state index in [1.165, 1.54) is 16.8 Å². The molecule has 2 aliphatic rings. The van der Waals surface area contributed by atoms with Gasteiger partial charge in [0.25, 0.3) is 11.6 Å². The average Bonchev–Trinajstić information content (AvgIpc) is 3.29. The fourth-order valence-corrected chi connectivity index (χ4v) is 4.27. The van der Waals surface area contributed by atoms with Gasteiger partial charge in [0, 0.05) is 44.5 Å². The Morgan fingerprint density at radius 2 is 1.81 bits per heavy atom. The fraction of sp³-hybridized carbons (Fsp3) is 0.375. The van der Waals surface area contributed by atoms with E-state index in [1.54, 1.807) is 12.3 Å². The lowest BCUT2D eigenvalue weighted by Crippen LogP contribution is -2.32. The Hall–Kier alpha value is -1.87. The quantitative estimate of drug-likeness (QED) is 0.594. The summed E-state index contributed by atoms with van der Waals surface area (Å²) in [6, 6.07) is 4.02. The lowest BCUT2D eigenvalue weighted by molar-refractivity contribution is -0.384. The number of hydrogen-bond donors (Lipinski definition) is 1. The highest BCUT2D eigenvalue weighted by atomic mass is 35.5. The number of nitro benzene ring substituents is 1. The van der Waals surface area contributed by atoms with Crippen LogP contribution in [-0.4, -0.2) is 51.7 Å². The normalized spacial score (nSPS) is 21.0. The van der Waals surface area contributed by atoms with Gasteiger partial charge in [0.2, 0.25) is 0 Å². The lowest BCUT2D eigenvalue weighted by Gasteiger charge is -2.16. The van der Waals surface area contributed by atoms with Gasteiger partial charge in [0.05, 0.1) is 15.0 Å². The van der Waals surface area contributed by atoms with E-state index in [1.807, 2.05) is 4.90 Å². The zero-order valence-electron chi connectivity index (χ0n) is 14.0. The number of amides is 1. The highest BCUT2D eigenvalue weighted by Gasteiger charge is 2.38. The van der Waals surface area contributed by atoms with Crippen LogP contribution < -0.4 is 5.32 Å². The van der Waals surface area contributed by atoms with E-state index < -0.39 is 4.92 Å². The number of carbonyl (C=O) groups is 1. The van der Waals surface area contributed by atoms with Crippen LogP contribution in [0.4, 0.5) is 5.69 Å². The van der Waals surface area contributed by atoms with Crippen molar-refractivity contribution in [2.45, 2.75) is 0 Å². The number of benzene rings is 1. The molecular weight excluding hydrogens is 417 g/mol. The Morgan fingerprint density at radius 1 is 1.22 bits per heavy atom. The Kier molecular flexibility index (Phi) is 5.62. The first-order valence-electron chi connectivity index (χ1n) is 8.13. The topological polar surface area (TPSA) is 93.3 Å². The van der Waals surface area contributed by atoms with Crippen LogP contribution in [0.2, 0.25) is 10.0 Å². The molecule has 144 valence electrons. The molecule has 0 unspecified atom stereocenters. The maximum atomic E-state index is 12.7. The molecule has 0 radical (unpaired) electrons. The molecule has 3 heterocycles. The number of hydrogen-bond acceptors (Lipinski definition) is 5. The van der Waals surface area contributed by atoms with Crippen molar-refractivity contribution in [2.24, 2.45) is 11.8 Å². The van der Waals surface area contributed by atoms with E-state index in [4.69, 9.17) is 23.2 Å². The molecule has 2 saturated heterocycles.